The number of hydrogen-bond donors (Lipinski definition) is 2. The molecule has 2 N–H and O–H groups in total. The van der Waals surface area contributed by atoms with Crippen LogP contribution in [0.2, 0.25) is 0 Å². The average Bonchev–Trinajstić information content (AvgIpc) is 2.27. The second kappa shape index (κ2) is 7.20. The maximum Gasteiger partial charge on any atom is 0.0476 e. The van der Waals surface area contributed by atoms with Gasteiger partial charge in [-0.2, -0.15) is 0 Å². The fraction of sp³-hybridized carbons (Fsp3) is 1.00. The minimum atomic E-state index is 0.328. The van der Waals surface area contributed by atoms with Crippen LogP contribution in [0.3, 0.4) is 0 Å². The minimum Gasteiger partial charge on any atom is -0.396 e. The van der Waals surface area contributed by atoms with E-state index in [1.54, 1.807) is 7.11 Å². The molecule has 0 bridgehead atoms. The molecule has 1 fully saturated rings. The van der Waals surface area contributed by atoms with Gasteiger partial charge in [0.1, 0.15) is 0 Å². The Hall–Kier alpha value is -0.120. The van der Waals surface area contributed by atoms with Crippen molar-refractivity contribution in [1.82, 2.24) is 5.32 Å². The van der Waals surface area contributed by atoms with Gasteiger partial charge in [0.05, 0.1) is 0 Å². The summed E-state index contributed by atoms with van der Waals surface area (Å²) in [5, 5.41) is 12.9. The van der Waals surface area contributed by atoms with Gasteiger partial charge in [0.2, 0.25) is 0 Å². The van der Waals surface area contributed by atoms with Gasteiger partial charge < -0.3 is 15.2 Å². The lowest BCUT2D eigenvalue weighted by atomic mass is 9.84. The quantitative estimate of drug-likeness (QED) is 0.706. The summed E-state index contributed by atoms with van der Waals surface area (Å²) in [6.07, 6.45) is 6.00. The van der Waals surface area contributed by atoms with Gasteiger partial charge in [-0.05, 0) is 32.1 Å². The molecule has 3 atom stereocenters. The van der Waals surface area contributed by atoms with E-state index in [2.05, 4.69) is 12.2 Å². The lowest BCUT2D eigenvalue weighted by Crippen LogP contribution is -2.44. The van der Waals surface area contributed by atoms with E-state index >= 15 is 0 Å². The molecular weight excluding hydrogens is 190 g/mol. The summed E-state index contributed by atoms with van der Waals surface area (Å²) in [5.74, 6) is 0.462. The maximum atomic E-state index is 9.29. The first-order valence-corrected chi connectivity index (χ1v) is 6.13. The largest absolute Gasteiger partial charge is 0.396 e. The zero-order chi connectivity index (χ0) is 11.1. The van der Waals surface area contributed by atoms with Gasteiger partial charge >= 0.3 is 0 Å². The van der Waals surface area contributed by atoms with Crippen molar-refractivity contribution >= 4 is 0 Å². The fourth-order valence-electron chi connectivity index (χ4n) is 2.39. The highest BCUT2D eigenvalue weighted by atomic mass is 16.5. The lowest BCUT2D eigenvalue weighted by molar-refractivity contribution is 0.137. The van der Waals surface area contributed by atoms with Crippen molar-refractivity contribution in [2.75, 3.05) is 20.3 Å². The Morgan fingerprint density at radius 1 is 1.40 bits per heavy atom. The second-order valence-electron chi connectivity index (χ2n) is 4.68. The van der Waals surface area contributed by atoms with E-state index in [1.807, 2.05) is 0 Å². The maximum absolute atomic E-state index is 9.29. The molecule has 0 aromatic rings. The third-order valence-electron chi connectivity index (χ3n) is 3.40. The number of ether oxygens (including phenoxy) is 1. The summed E-state index contributed by atoms with van der Waals surface area (Å²) < 4.78 is 5.07. The predicted molar refractivity (Wildman–Crippen MR) is 61.9 cm³/mol. The monoisotopic (exact) mass is 215 g/mol. The molecule has 3 heteroatoms. The van der Waals surface area contributed by atoms with Crippen LogP contribution in [0.25, 0.3) is 0 Å². The zero-order valence-corrected chi connectivity index (χ0v) is 10.0. The molecule has 1 saturated carbocycles. The van der Waals surface area contributed by atoms with Crippen molar-refractivity contribution in [1.29, 1.82) is 0 Å². The van der Waals surface area contributed by atoms with Crippen LogP contribution in [0.5, 0.6) is 0 Å². The van der Waals surface area contributed by atoms with Crippen LogP contribution in [0, 0.1) is 5.92 Å². The Morgan fingerprint density at radius 2 is 2.13 bits per heavy atom. The first-order chi connectivity index (χ1) is 7.27. The van der Waals surface area contributed by atoms with E-state index < -0.39 is 0 Å². The highest BCUT2D eigenvalue weighted by molar-refractivity contribution is 4.82. The minimum absolute atomic E-state index is 0.328. The number of methoxy groups -OCH3 is 1. The Balaban J connectivity index is 2.27. The van der Waals surface area contributed by atoms with E-state index in [4.69, 9.17) is 4.74 Å². The Morgan fingerprint density at radius 3 is 2.80 bits per heavy atom. The normalized spacial score (nSPS) is 29.0. The van der Waals surface area contributed by atoms with Gasteiger partial charge in [0.25, 0.3) is 0 Å². The van der Waals surface area contributed by atoms with Crippen molar-refractivity contribution in [3.05, 3.63) is 0 Å². The zero-order valence-electron chi connectivity index (χ0n) is 10.0. The van der Waals surface area contributed by atoms with Gasteiger partial charge in [0, 0.05) is 32.4 Å². The number of rotatable bonds is 6. The molecule has 0 aromatic carbocycles. The summed E-state index contributed by atoms with van der Waals surface area (Å²) in [5.41, 5.74) is 0. The summed E-state index contributed by atoms with van der Waals surface area (Å²) in [4.78, 5) is 0. The highest BCUT2D eigenvalue weighted by Crippen LogP contribution is 2.24. The molecule has 0 saturated heterocycles. The molecule has 1 aliphatic carbocycles. The van der Waals surface area contributed by atoms with E-state index in [1.165, 1.54) is 25.7 Å². The number of hydrogen-bond acceptors (Lipinski definition) is 3. The predicted octanol–water partition coefficient (Wildman–Crippen LogP) is 1.55. The highest BCUT2D eigenvalue weighted by Gasteiger charge is 2.25. The van der Waals surface area contributed by atoms with Crippen LogP contribution < -0.4 is 5.32 Å². The summed E-state index contributed by atoms with van der Waals surface area (Å²) in [7, 11) is 1.74. The molecule has 0 amide bonds. The Labute approximate surface area is 93.2 Å². The van der Waals surface area contributed by atoms with Gasteiger partial charge in [-0.25, -0.2) is 0 Å². The standard InChI is InChI=1S/C12H25NO2/c1-10(7-8-15-2)13-12-6-4-3-5-11(12)9-14/h10-14H,3-9H2,1-2H3. The summed E-state index contributed by atoms with van der Waals surface area (Å²) >= 11 is 0. The molecular formula is C12H25NO2. The summed E-state index contributed by atoms with van der Waals surface area (Å²) in [6, 6.07) is 0.998. The molecule has 0 aliphatic heterocycles. The summed E-state index contributed by atoms with van der Waals surface area (Å²) in [6.45, 7) is 3.33. The first-order valence-electron chi connectivity index (χ1n) is 6.13. The first kappa shape index (κ1) is 12.9. The Bertz CT molecular complexity index is 164. The molecule has 1 rings (SSSR count). The average molecular weight is 215 g/mol. The van der Waals surface area contributed by atoms with Crippen LogP contribution in [0.4, 0.5) is 0 Å². The molecule has 15 heavy (non-hydrogen) atoms. The van der Waals surface area contributed by atoms with Gasteiger partial charge in [0.15, 0.2) is 0 Å². The SMILES string of the molecule is COCCC(C)NC1CCCCC1CO. The van der Waals surface area contributed by atoms with Crippen molar-refractivity contribution < 1.29 is 9.84 Å². The van der Waals surface area contributed by atoms with Gasteiger partial charge in [-0.15, -0.1) is 0 Å². The lowest BCUT2D eigenvalue weighted by Gasteiger charge is -2.33. The Kier molecular flexibility index (Phi) is 6.22. The van der Waals surface area contributed by atoms with Crippen LogP contribution in [-0.2, 0) is 4.74 Å². The second-order valence-corrected chi connectivity index (χ2v) is 4.68. The number of aliphatic hydroxyl groups is 1. The molecule has 0 aromatic heterocycles. The topological polar surface area (TPSA) is 41.5 Å². The van der Waals surface area contributed by atoms with Crippen LogP contribution in [0.15, 0.2) is 0 Å². The molecule has 3 nitrogen and oxygen atoms in total. The molecule has 3 unspecified atom stereocenters. The molecule has 0 radical (unpaired) electrons. The molecule has 90 valence electrons. The number of nitrogens with one attached hydrogen (secondary N) is 1. The van der Waals surface area contributed by atoms with Crippen LogP contribution >= 0.6 is 0 Å². The van der Waals surface area contributed by atoms with Gasteiger partial charge in [-0.1, -0.05) is 12.8 Å². The van der Waals surface area contributed by atoms with E-state index in [9.17, 15) is 5.11 Å². The van der Waals surface area contributed by atoms with Crippen LogP contribution in [0.1, 0.15) is 39.0 Å². The van der Waals surface area contributed by atoms with Crippen molar-refractivity contribution in [3.63, 3.8) is 0 Å². The van der Waals surface area contributed by atoms with Crippen molar-refractivity contribution in [2.24, 2.45) is 5.92 Å². The van der Waals surface area contributed by atoms with Crippen LogP contribution in [-0.4, -0.2) is 37.5 Å². The van der Waals surface area contributed by atoms with Crippen molar-refractivity contribution in [3.8, 4) is 0 Å². The molecule has 0 spiro atoms. The molecule has 1 aliphatic rings. The third-order valence-corrected chi connectivity index (χ3v) is 3.40. The van der Waals surface area contributed by atoms with Crippen molar-refractivity contribution in [2.45, 2.75) is 51.1 Å². The van der Waals surface area contributed by atoms with E-state index in [0.717, 1.165) is 13.0 Å². The smallest absolute Gasteiger partial charge is 0.0476 e. The van der Waals surface area contributed by atoms with E-state index in [0.29, 0.717) is 24.6 Å². The number of aliphatic hydroxyl groups excluding tert-OH is 1. The van der Waals surface area contributed by atoms with E-state index in [-0.39, 0.29) is 0 Å². The molecule has 0 heterocycles. The fourth-order valence-corrected chi connectivity index (χ4v) is 2.39. The van der Waals surface area contributed by atoms with Gasteiger partial charge in [-0.3, -0.25) is 0 Å². The third kappa shape index (κ3) is 4.49.